The van der Waals surface area contributed by atoms with Gasteiger partial charge >= 0.3 is 0 Å². The summed E-state index contributed by atoms with van der Waals surface area (Å²) in [6, 6.07) is 0. The second-order valence-corrected chi connectivity index (χ2v) is 4.99. The first kappa shape index (κ1) is 12.8. The molecule has 0 aromatic carbocycles. The standard InChI is InChI=1S/C8H12N3O4PS/c9-6(17)7-10-11(2-16-7)8-5(14)4(13)3(1-12)15-8/h2-5,8,12-14H,1H2,(H2,9,17). The number of ether oxygens (including phenoxy) is 1. The van der Waals surface area contributed by atoms with E-state index in [1.54, 1.807) is 5.93 Å². The average Bonchev–Trinajstić information content (AvgIpc) is 2.87. The molecule has 4 unspecified atom stereocenters. The van der Waals surface area contributed by atoms with Crippen LogP contribution in [0.5, 0.6) is 0 Å². The fourth-order valence-electron chi connectivity index (χ4n) is 1.61. The highest BCUT2D eigenvalue weighted by molar-refractivity contribution is 7.81. The van der Waals surface area contributed by atoms with Crippen LogP contribution in [0.25, 0.3) is 0 Å². The number of aliphatic hydroxyl groups excluding tert-OH is 3. The largest absolute Gasteiger partial charge is 0.394 e. The third kappa shape index (κ3) is 2.33. The van der Waals surface area contributed by atoms with Crippen LogP contribution in [-0.4, -0.2) is 55.0 Å². The van der Waals surface area contributed by atoms with Crippen molar-refractivity contribution in [3.8, 4) is 0 Å². The molecule has 0 saturated carbocycles. The van der Waals surface area contributed by atoms with Gasteiger partial charge in [0.15, 0.2) is 6.23 Å². The number of aromatic nitrogens is 2. The van der Waals surface area contributed by atoms with Crippen molar-refractivity contribution in [3.05, 3.63) is 11.4 Å². The maximum absolute atomic E-state index is 9.76. The highest BCUT2D eigenvalue weighted by atomic mass is 32.1. The molecule has 0 spiro atoms. The summed E-state index contributed by atoms with van der Waals surface area (Å²) < 4.78 is 6.66. The molecule has 17 heavy (non-hydrogen) atoms. The highest BCUT2D eigenvalue weighted by Crippen LogP contribution is 2.30. The smallest absolute Gasteiger partial charge is 0.179 e. The molecule has 2 heterocycles. The second-order valence-electron chi connectivity index (χ2n) is 3.64. The van der Waals surface area contributed by atoms with Gasteiger partial charge in [-0.2, -0.15) is 5.10 Å². The van der Waals surface area contributed by atoms with E-state index in [9.17, 15) is 10.2 Å². The summed E-state index contributed by atoms with van der Waals surface area (Å²) in [6.45, 7) is -0.369. The predicted octanol–water partition coefficient (Wildman–Crippen LogP) is -1.29. The van der Waals surface area contributed by atoms with E-state index >= 15 is 0 Å². The van der Waals surface area contributed by atoms with Gasteiger partial charge in [0.2, 0.25) is 0 Å². The van der Waals surface area contributed by atoms with E-state index in [1.165, 1.54) is 4.68 Å². The van der Waals surface area contributed by atoms with E-state index < -0.39 is 24.5 Å². The predicted molar refractivity (Wildman–Crippen MR) is 63.6 cm³/mol. The molecule has 9 heteroatoms. The zero-order chi connectivity index (χ0) is 12.6. The van der Waals surface area contributed by atoms with E-state index in [-0.39, 0.29) is 11.6 Å². The Balaban J connectivity index is 2.19. The zero-order valence-electron chi connectivity index (χ0n) is 8.67. The lowest BCUT2D eigenvalue weighted by Gasteiger charge is -2.14. The number of hydrogen-bond acceptors (Lipinski definition) is 6. The Kier molecular flexibility index (Phi) is 3.72. The Bertz CT molecular complexity index is 429. The van der Waals surface area contributed by atoms with Gasteiger partial charge in [0, 0.05) is 0 Å². The average molecular weight is 277 g/mol. The lowest BCUT2D eigenvalue weighted by atomic mass is 10.1. The molecule has 0 amide bonds. The summed E-state index contributed by atoms with van der Waals surface area (Å²) in [4.78, 5) is 0.178. The number of aliphatic hydroxyl groups is 3. The molecule has 7 nitrogen and oxygen atoms in total. The third-order valence-corrected chi connectivity index (χ3v) is 3.78. The fourth-order valence-corrected chi connectivity index (χ4v) is 2.50. The summed E-state index contributed by atoms with van der Waals surface area (Å²) in [7, 11) is 0.709. The van der Waals surface area contributed by atoms with Crippen molar-refractivity contribution >= 4 is 25.4 Å². The van der Waals surface area contributed by atoms with Crippen LogP contribution in [0, 0.1) is 0 Å². The lowest BCUT2D eigenvalue weighted by Crippen LogP contribution is -2.33. The van der Waals surface area contributed by atoms with Gasteiger partial charge in [-0.15, -0.1) is 0 Å². The van der Waals surface area contributed by atoms with Crippen molar-refractivity contribution in [2.24, 2.45) is 5.73 Å². The van der Waals surface area contributed by atoms with Crippen LogP contribution in [-0.2, 0) is 4.74 Å². The number of rotatable bonds is 3. The maximum Gasteiger partial charge on any atom is 0.179 e. The quantitative estimate of drug-likeness (QED) is 0.508. The van der Waals surface area contributed by atoms with Crippen LogP contribution in [0.15, 0.2) is 5.93 Å². The third-order valence-electron chi connectivity index (χ3n) is 2.51. The van der Waals surface area contributed by atoms with Gasteiger partial charge in [0.05, 0.1) is 12.5 Å². The maximum atomic E-state index is 9.76. The Hall–Kier alpha value is -0.630. The Morgan fingerprint density at radius 2 is 2.29 bits per heavy atom. The molecule has 1 aromatic rings. The number of hydrogen-bond donors (Lipinski definition) is 4. The van der Waals surface area contributed by atoms with Crippen molar-refractivity contribution in [1.29, 1.82) is 0 Å². The van der Waals surface area contributed by atoms with Gasteiger partial charge in [0.25, 0.3) is 0 Å². The first-order valence-electron chi connectivity index (χ1n) is 4.88. The van der Waals surface area contributed by atoms with Crippen LogP contribution >= 0.6 is 20.4 Å². The molecule has 0 aliphatic carbocycles. The monoisotopic (exact) mass is 277 g/mol. The molecule has 1 aliphatic heterocycles. The molecular formula is C8H12N3O4PS. The molecule has 1 fully saturated rings. The molecule has 94 valence electrons. The van der Waals surface area contributed by atoms with E-state index in [0.29, 0.717) is 13.6 Å². The van der Waals surface area contributed by atoms with E-state index in [1.807, 2.05) is 0 Å². The molecule has 2 rings (SSSR count). The summed E-state index contributed by atoms with van der Waals surface area (Å²) in [5.74, 6) is 1.63. The zero-order valence-corrected chi connectivity index (χ0v) is 10.4. The Morgan fingerprint density at radius 3 is 2.76 bits per heavy atom. The Labute approximate surface area is 104 Å². The van der Waals surface area contributed by atoms with Gasteiger partial charge in [0.1, 0.15) is 28.7 Å². The van der Waals surface area contributed by atoms with Crippen LogP contribution in [0.2, 0.25) is 0 Å². The van der Waals surface area contributed by atoms with Crippen LogP contribution in [0.4, 0.5) is 0 Å². The number of nitrogens with two attached hydrogens (primary N) is 1. The normalized spacial score (nSPS) is 33.4. The SMILES string of the molecule is NC(=S)c1nn(C2OC(CO)C(O)C2O)cp1. The van der Waals surface area contributed by atoms with Gasteiger partial charge in [-0.1, -0.05) is 12.2 Å². The molecular weight excluding hydrogens is 265 g/mol. The fraction of sp³-hybridized carbons (Fsp3) is 0.625. The lowest BCUT2D eigenvalue weighted by molar-refractivity contribution is -0.0585. The van der Waals surface area contributed by atoms with Crippen molar-refractivity contribution in [1.82, 2.24) is 9.78 Å². The second kappa shape index (κ2) is 4.93. The molecule has 1 aromatic heterocycles. The van der Waals surface area contributed by atoms with E-state index in [2.05, 4.69) is 5.10 Å². The van der Waals surface area contributed by atoms with Crippen molar-refractivity contribution in [3.63, 3.8) is 0 Å². The van der Waals surface area contributed by atoms with Crippen LogP contribution in [0.3, 0.4) is 0 Å². The molecule has 5 N–H and O–H groups in total. The van der Waals surface area contributed by atoms with Gasteiger partial charge < -0.3 is 25.8 Å². The molecule has 0 bridgehead atoms. The van der Waals surface area contributed by atoms with Gasteiger partial charge in [-0.25, -0.2) is 4.68 Å². The number of thiocarbonyl (C=S) groups is 1. The van der Waals surface area contributed by atoms with Crippen LogP contribution < -0.4 is 5.73 Å². The highest BCUT2D eigenvalue weighted by Gasteiger charge is 2.43. The minimum absolute atomic E-state index is 0.178. The van der Waals surface area contributed by atoms with Crippen molar-refractivity contribution in [2.45, 2.75) is 24.5 Å². The first-order valence-corrected chi connectivity index (χ1v) is 6.25. The molecule has 0 radical (unpaired) electrons. The molecule has 4 atom stereocenters. The van der Waals surface area contributed by atoms with E-state index in [4.69, 9.17) is 27.8 Å². The number of nitrogens with zero attached hydrogens (tertiary/aromatic N) is 2. The van der Waals surface area contributed by atoms with Gasteiger partial charge in [-0.05, 0) is 8.19 Å². The topological polar surface area (TPSA) is 114 Å². The van der Waals surface area contributed by atoms with Crippen molar-refractivity contribution in [2.75, 3.05) is 6.61 Å². The Morgan fingerprint density at radius 1 is 1.59 bits per heavy atom. The minimum atomic E-state index is -1.15. The summed E-state index contributed by atoms with van der Waals surface area (Å²) in [6.07, 6.45) is -3.93. The van der Waals surface area contributed by atoms with Gasteiger partial charge in [-0.3, -0.25) is 0 Å². The molecule has 1 saturated heterocycles. The summed E-state index contributed by atoms with van der Waals surface area (Å²) in [5, 5.41) is 32.4. The summed E-state index contributed by atoms with van der Waals surface area (Å²) in [5.41, 5.74) is 5.93. The van der Waals surface area contributed by atoms with E-state index in [0.717, 1.165) is 0 Å². The first-order chi connectivity index (χ1) is 8.04. The summed E-state index contributed by atoms with van der Waals surface area (Å²) >= 11 is 4.78. The van der Waals surface area contributed by atoms with Crippen LogP contribution in [0.1, 0.15) is 11.7 Å². The minimum Gasteiger partial charge on any atom is -0.394 e. The van der Waals surface area contributed by atoms with Crippen molar-refractivity contribution < 1.29 is 20.1 Å². The molecule has 1 aliphatic rings.